The summed E-state index contributed by atoms with van der Waals surface area (Å²) in [5, 5.41) is 0. The Morgan fingerprint density at radius 2 is 1.88 bits per heavy atom. The zero-order chi connectivity index (χ0) is 11.4. The molecule has 1 aliphatic rings. The summed E-state index contributed by atoms with van der Waals surface area (Å²) in [5.41, 5.74) is 2.73. The minimum Gasteiger partial charge on any atom is -0.497 e. The summed E-state index contributed by atoms with van der Waals surface area (Å²) in [7, 11) is 3.48. The summed E-state index contributed by atoms with van der Waals surface area (Å²) < 4.78 is 10.5. The summed E-state index contributed by atoms with van der Waals surface area (Å²) >= 11 is 0. The van der Waals surface area contributed by atoms with E-state index in [1.165, 1.54) is 11.1 Å². The number of benzene rings is 1. The Morgan fingerprint density at radius 3 is 2.38 bits per heavy atom. The van der Waals surface area contributed by atoms with Gasteiger partial charge in [-0.25, -0.2) is 0 Å². The largest absolute Gasteiger partial charge is 0.497 e. The Hall–Kier alpha value is -1.28. The Labute approximate surface area is 96.9 Å². The van der Waals surface area contributed by atoms with E-state index in [2.05, 4.69) is 18.2 Å². The first kappa shape index (κ1) is 11.2. The molecule has 0 aromatic heterocycles. The lowest BCUT2D eigenvalue weighted by Crippen LogP contribution is -2.13. The van der Waals surface area contributed by atoms with Crippen LogP contribution in [0.25, 0.3) is 5.57 Å². The average molecular weight is 218 g/mol. The fourth-order valence-corrected chi connectivity index (χ4v) is 2.09. The Morgan fingerprint density at radius 1 is 1.12 bits per heavy atom. The lowest BCUT2D eigenvalue weighted by atomic mass is 9.92. The Bertz CT molecular complexity index is 365. The molecule has 1 atom stereocenters. The van der Waals surface area contributed by atoms with Crippen LogP contribution in [0.2, 0.25) is 0 Å². The molecule has 0 heterocycles. The van der Waals surface area contributed by atoms with Crippen molar-refractivity contribution < 1.29 is 9.47 Å². The summed E-state index contributed by atoms with van der Waals surface area (Å²) in [4.78, 5) is 0. The second kappa shape index (κ2) is 5.17. The van der Waals surface area contributed by atoms with Crippen molar-refractivity contribution in [3.63, 3.8) is 0 Å². The number of methoxy groups -OCH3 is 2. The molecule has 2 heteroatoms. The highest BCUT2D eigenvalue weighted by Gasteiger charge is 2.14. The van der Waals surface area contributed by atoms with Gasteiger partial charge in [-0.05, 0) is 42.5 Å². The van der Waals surface area contributed by atoms with E-state index in [9.17, 15) is 0 Å². The molecule has 1 aliphatic carbocycles. The topological polar surface area (TPSA) is 18.5 Å². The SMILES string of the molecule is COc1ccc(C2=CC[C@H](OC)CC2)cc1. The minimum absolute atomic E-state index is 0.405. The van der Waals surface area contributed by atoms with Crippen molar-refractivity contribution in [3.8, 4) is 5.75 Å². The van der Waals surface area contributed by atoms with Crippen LogP contribution in [0.3, 0.4) is 0 Å². The van der Waals surface area contributed by atoms with Gasteiger partial charge in [0.25, 0.3) is 0 Å². The van der Waals surface area contributed by atoms with Gasteiger partial charge in [-0.1, -0.05) is 18.2 Å². The van der Waals surface area contributed by atoms with Crippen LogP contribution in [-0.2, 0) is 4.74 Å². The number of hydrogen-bond acceptors (Lipinski definition) is 2. The van der Waals surface area contributed by atoms with Gasteiger partial charge < -0.3 is 9.47 Å². The third kappa shape index (κ3) is 2.45. The number of allylic oxidation sites excluding steroid dienone is 1. The van der Waals surface area contributed by atoms with Crippen LogP contribution >= 0.6 is 0 Å². The van der Waals surface area contributed by atoms with Crippen LogP contribution in [0.15, 0.2) is 30.3 Å². The molecule has 1 aromatic rings. The van der Waals surface area contributed by atoms with E-state index in [4.69, 9.17) is 9.47 Å². The molecule has 0 spiro atoms. The normalized spacial score (nSPS) is 20.4. The van der Waals surface area contributed by atoms with Gasteiger partial charge in [-0.2, -0.15) is 0 Å². The number of ether oxygens (including phenoxy) is 2. The van der Waals surface area contributed by atoms with Crippen molar-refractivity contribution in [2.24, 2.45) is 0 Å². The van der Waals surface area contributed by atoms with Gasteiger partial charge in [0.1, 0.15) is 5.75 Å². The summed E-state index contributed by atoms with van der Waals surface area (Å²) in [5.74, 6) is 0.912. The molecule has 0 N–H and O–H groups in total. The van der Waals surface area contributed by atoms with Crippen molar-refractivity contribution in [2.75, 3.05) is 14.2 Å². The van der Waals surface area contributed by atoms with Crippen molar-refractivity contribution in [1.29, 1.82) is 0 Å². The van der Waals surface area contributed by atoms with E-state index in [0.717, 1.165) is 25.0 Å². The average Bonchev–Trinajstić information content (AvgIpc) is 2.39. The maximum absolute atomic E-state index is 5.35. The van der Waals surface area contributed by atoms with Gasteiger partial charge >= 0.3 is 0 Å². The molecular formula is C14H18O2. The van der Waals surface area contributed by atoms with Crippen molar-refractivity contribution in [1.82, 2.24) is 0 Å². The van der Waals surface area contributed by atoms with Gasteiger partial charge in [-0.3, -0.25) is 0 Å². The van der Waals surface area contributed by atoms with E-state index in [1.807, 2.05) is 12.1 Å². The number of hydrogen-bond donors (Lipinski definition) is 0. The van der Waals surface area contributed by atoms with Crippen LogP contribution in [0.4, 0.5) is 0 Å². The third-order valence-electron chi connectivity index (χ3n) is 3.16. The Balaban J connectivity index is 2.10. The van der Waals surface area contributed by atoms with Crippen LogP contribution in [-0.4, -0.2) is 20.3 Å². The van der Waals surface area contributed by atoms with Crippen LogP contribution < -0.4 is 4.74 Å². The van der Waals surface area contributed by atoms with E-state index in [-0.39, 0.29) is 0 Å². The van der Waals surface area contributed by atoms with Crippen molar-refractivity contribution >= 4 is 5.57 Å². The molecule has 0 unspecified atom stereocenters. The van der Waals surface area contributed by atoms with E-state index in [0.29, 0.717) is 6.10 Å². The molecule has 1 aromatic carbocycles. The van der Waals surface area contributed by atoms with Crippen molar-refractivity contribution in [2.45, 2.75) is 25.4 Å². The first-order chi connectivity index (χ1) is 7.83. The highest BCUT2D eigenvalue weighted by molar-refractivity contribution is 5.66. The molecule has 0 fully saturated rings. The fraction of sp³-hybridized carbons (Fsp3) is 0.429. The standard InChI is InChI=1S/C14H18O2/c1-15-13-7-3-11(4-8-13)12-5-9-14(16-2)10-6-12/h3-5,7-8,14H,6,9-10H2,1-2H3/t14-/m0/s1. The molecule has 0 saturated carbocycles. The van der Waals surface area contributed by atoms with E-state index < -0.39 is 0 Å². The minimum atomic E-state index is 0.405. The Kier molecular flexibility index (Phi) is 3.62. The first-order valence-corrected chi connectivity index (χ1v) is 5.69. The maximum atomic E-state index is 5.35. The van der Waals surface area contributed by atoms with Gasteiger partial charge in [-0.15, -0.1) is 0 Å². The quantitative estimate of drug-likeness (QED) is 0.775. The number of rotatable bonds is 3. The summed E-state index contributed by atoms with van der Waals surface area (Å²) in [6, 6.07) is 8.27. The zero-order valence-electron chi connectivity index (χ0n) is 9.90. The second-order valence-electron chi connectivity index (χ2n) is 4.09. The van der Waals surface area contributed by atoms with Gasteiger partial charge in [0.15, 0.2) is 0 Å². The van der Waals surface area contributed by atoms with Crippen LogP contribution in [0.1, 0.15) is 24.8 Å². The predicted octanol–water partition coefficient (Wildman–Crippen LogP) is 3.28. The second-order valence-corrected chi connectivity index (χ2v) is 4.09. The van der Waals surface area contributed by atoms with E-state index in [1.54, 1.807) is 14.2 Å². The monoisotopic (exact) mass is 218 g/mol. The maximum Gasteiger partial charge on any atom is 0.118 e. The molecule has 2 nitrogen and oxygen atoms in total. The van der Waals surface area contributed by atoms with E-state index >= 15 is 0 Å². The third-order valence-corrected chi connectivity index (χ3v) is 3.16. The van der Waals surface area contributed by atoms with Crippen molar-refractivity contribution in [3.05, 3.63) is 35.9 Å². The molecule has 0 aliphatic heterocycles. The van der Waals surface area contributed by atoms with Gasteiger partial charge in [0.2, 0.25) is 0 Å². The molecule has 0 amide bonds. The lowest BCUT2D eigenvalue weighted by molar-refractivity contribution is 0.0964. The summed E-state index contributed by atoms with van der Waals surface area (Å²) in [6.07, 6.45) is 5.94. The molecular weight excluding hydrogens is 200 g/mol. The van der Waals surface area contributed by atoms with Crippen LogP contribution in [0, 0.1) is 0 Å². The fourth-order valence-electron chi connectivity index (χ4n) is 2.09. The highest BCUT2D eigenvalue weighted by Crippen LogP contribution is 2.28. The van der Waals surface area contributed by atoms with Gasteiger partial charge in [0.05, 0.1) is 13.2 Å². The molecule has 16 heavy (non-hydrogen) atoms. The molecule has 86 valence electrons. The van der Waals surface area contributed by atoms with Gasteiger partial charge in [0, 0.05) is 7.11 Å². The first-order valence-electron chi connectivity index (χ1n) is 5.69. The van der Waals surface area contributed by atoms with Crippen LogP contribution in [0.5, 0.6) is 5.75 Å². The molecule has 2 rings (SSSR count). The molecule has 0 radical (unpaired) electrons. The smallest absolute Gasteiger partial charge is 0.118 e. The highest BCUT2D eigenvalue weighted by atomic mass is 16.5. The molecule has 0 bridgehead atoms. The molecule has 0 saturated heterocycles. The lowest BCUT2D eigenvalue weighted by Gasteiger charge is -2.20. The summed E-state index contributed by atoms with van der Waals surface area (Å²) in [6.45, 7) is 0. The zero-order valence-corrected chi connectivity index (χ0v) is 9.90. The predicted molar refractivity (Wildman–Crippen MR) is 65.6 cm³/mol.